The molecule has 0 aromatic heterocycles. The molecule has 0 saturated heterocycles. The van der Waals surface area contributed by atoms with E-state index in [1.165, 1.54) is 0 Å². The third-order valence-corrected chi connectivity index (χ3v) is 8.82. The van der Waals surface area contributed by atoms with E-state index in [0.717, 1.165) is 4.47 Å². The molecular formula is C15H25BrO7P2. The van der Waals surface area contributed by atoms with Crippen molar-refractivity contribution in [2.75, 3.05) is 26.4 Å². The number of benzene rings is 1. The van der Waals surface area contributed by atoms with Gasteiger partial charge in [0, 0.05) is 4.47 Å². The number of hydrogen-bond donors (Lipinski definition) is 0. The summed E-state index contributed by atoms with van der Waals surface area (Å²) in [6, 6.07) is 6.76. The Morgan fingerprint density at radius 1 is 0.800 bits per heavy atom. The van der Waals surface area contributed by atoms with Crippen LogP contribution in [0.2, 0.25) is 0 Å². The Morgan fingerprint density at radius 3 is 1.48 bits per heavy atom. The lowest BCUT2D eigenvalue weighted by molar-refractivity contribution is 0.150. The molecule has 0 aliphatic heterocycles. The summed E-state index contributed by atoms with van der Waals surface area (Å²) in [5, 5.41) is 0. The number of halogens is 1. The molecule has 1 aromatic rings. The SMILES string of the molecule is CCOP(=O)(OCC)C(Oc1ccc(Br)cc1)P(=O)(OCC)OCC. The van der Waals surface area contributed by atoms with Crippen molar-refractivity contribution < 1.29 is 32.0 Å². The smallest absolute Gasteiger partial charge is 0.383 e. The van der Waals surface area contributed by atoms with Crippen LogP contribution in [-0.4, -0.2) is 32.0 Å². The van der Waals surface area contributed by atoms with E-state index in [0.29, 0.717) is 5.75 Å². The molecule has 0 bridgehead atoms. The van der Waals surface area contributed by atoms with Gasteiger partial charge in [-0.3, -0.25) is 9.13 Å². The summed E-state index contributed by atoms with van der Waals surface area (Å²) in [5.41, 5.74) is -1.53. The van der Waals surface area contributed by atoms with E-state index in [4.69, 9.17) is 22.8 Å². The highest BCUT2D eigenvalue weighted by Crippen LogP contribution is 2.70. The average molecular weight is 459 g/mol. The fourth-order valence-corrected chi connectivity index (χ4v) is 7.04. The van der Waals surface area contributed by atoms with Crippen molar-refractivity contribution >= 4 is 31.1 Å². The first-order chi connectivity index (χ1) is 11.8. The van der Waals surface area contributed by atoms with Gasteiger partial charge in [-0.25, -0.2) is 0 Å². The first-order valence-corrected chi connectivity index (χ1v) is 12.1. The molecule has 0 aliphatic rings. The number of hydrogen-bond acceptors (Lipinski definition) is 7. The summed E-state index contributed by atoms with van der Waals surface area (Å²) in [5.74, 6) is 0.340. The van der Waals surface area contributed by atoms with Gasteiger partial charge in [-0.05, 0) is 52.0 Å². The molecule has 0 atom stereocenters. The summed E-state index contributed by atoms with van der Waals surface area (Å²) >= 11 is 3.33. The Morgan fingerprint density at radius 2 is 1.16 bits per heavy atom. The second-order valence-electron chi connectivity index (χ2n) is 4.65. The maximum atomic E-state index is 13.3. The van der Waals surface area contributed by atoms with Crippen LogP contribution in [0.1, 0.15) is 27.7 Å². The third kappa shape index (κ3) is 6.47. The van der Waals surface area contributed by atoms with Crippen LogP contribution in [0, 0.1) is 0 Å². The molecule has 0 fully saturated rings. The molecule has 0 spiro atoms. The zero-order chi connectivity index (χ0) is 18.9. The van der Waals surface area contributed by atoms with E-state index in [2.05, 4.69) is 15.9 Å². The molecule has 0 heterocycles. The standard InChI is InChI=1S/C15H25BrO7P2/c1-5-19-24(17,20-6-2)15(25(18,21-7-3)22-8-4)23-14-11-9-13(16)10-12-14/h9-12,15H,5-8H2,1-4H3. The van der Waals surface area contributed by atoms with Gasteiger partial charge in [-0.15, -0.1) is 0 Å². The van der Waals surface area contributed by atoms with Crippen molar-refractivity contribution in [3.8, 4) is 5.75 Å². The lowest BCUT2D eigenvalue weighted by Crippen LogP contribution is -2.23. The van der Waals surface area contributed by atoms with Gasteiger partial charge in [0.1, 0.15) is 5.75 Å². The molecule has 144 valence electrons. The maximum absolute atomic E-state index is 13.3. The predicted octanol–water partition coefficient (Wildman–Crippen LogP) is 5.64. The summed E-state index contributed by atoms with van der Waals surface area (Å²) in [6.07, 6.45) is 0. The second-order valence-corrected chi connectivity index (χ2v) is 10.1. The average Bonchev–Trinajstić information content (AvgIpc) is 2.55. The highest BCUT2D eigenvalue weighted by Gasteiger charge is 2.53. The van der Waals surface area contributed by atoms with Gasteiger partial charge in [-0.1, -0.05) is 15.9 Å². The van der Waals surface area contributed by atoms with Crippen LogP contribution >= 0.6 is 31.1 Å². The Bertz CT molecular complexity index is 558. The fourth-order valence-electron chi connectivity index (χ4n) is 1.99. The molecule has 0 aliphatic carbocycles. The molecule has 0 N–H and O–H groups in total. The van der Waals surface area contributed by atoms with Gasteiger partial charge in [-0.2, -0.15) is 0 Å². The van der Waals surface area contributed by atoms with Crippen molar-refractivity contribution in [3.05, 3.63) is 28.7 Å². The fraction of sp³-hybridized carbons (Fsp3) is 0.600. The lowest BCUT2D eigenvalue weighted by Gasteiger charge is -2.31. The van der Waals surface area contributed by atoms with Crippen LogP contribution in [-0.2, 0) is 27.2 Å². The molecule has 0 saturated carbocycles. The Labute approximate surface area is 157 Å². The molecular weight excluding hydrogens is 434 g/mol. The van der Waals surface area contributed by atoms with Crippen LogP contribution in [0.4, 0.5) is 0 Å². The van der Waals surface area contributed by atoms with E-state index in [1.807, 2.05) is 0 Å². The Kier molecular flexibility index (Phi) is 9.89. The third-order valence-electron chi connectivity index (χ3n) is 2.83. The van der Waals surface area contributed by atoms with Gasteiger partial charge in [0.2, 0.25) is 0 Å². The second kappa shape index (κ2) is 10.8. The van der Waals surface area contributed by atoms with Gasteiger partial charge in [0.25, 0.3) is 5.59 Å². The first kappa shape index (κ1) is 22.8. The van der Waals surface area contributed by atoms with Gasteiger partial charge < -0.3 is 22.8 Å². The molecule has 0 radical (unpaired) electrons. The highest BCUT2D eigenvalue weighted by atomic mass is 79.9. The minimum absolute atomic E-state index is 0.0930. The van der Waals surface area contributed by atoms with Crippen molar-refractivity contribution in [3.63, 3.8) is 0 Å². The summed E-state index contributed by atoms with van der Waals surface area (Å²) in [6.45, 7) is 7.02. The Balaban J connectivity index is 3.34. The van der Waals surface area contributed by atoms with Gasteiger partial charge >= 0.3 is 15.2 Å². The zero-order valence-electron chi connectivity index (χ0n) is 14.8. The number of ether oxygens (including phenoxy) is 1. The van der Waals surface area contributed by atoms with Crippen molar-refractivity contribution in [2.45, 2.75) is 33.3 Å². The van der Waals surface area contributed by atoms with Crippen LogP contribution < -0.4 is 4.74 Å². The largest absolute Gasteiger partial charge is 0.465 e. The molecule has 25 heavy (non-hydrogen) atoms. The van der Waals surface area contributed by atoms with Crippen molar-refractivity contribution in [1.29, 1.82) is 0 Å². The molecule has 1 rings (SSSR count). The van der Waals surface area contributed by atoms with E-state index in [9.17, 15) is 9.13 Å². The molecule has 0 unspecified atom stereocenters. The van der Waals surface area contributed by atoms with Crippen molar-refractivity contribution in [1.82, 2.24) is 0 Å². The lowest BCUT2D eigenvalue weighted by atomic mass is 10.3. The summed E-state index contributed by atoms with van der Waals surface area (Å²) < 4.78 is 54.5. The van der Waals surface area contributed by atoms with Crippen LogP contribution in [0.5, 0.6) is 5.75 Å². The summed E-state index contributed by atoms with van der Waals surface area (Å²) in [7, 11) is -7.87. The summed E-state index contributed by atoms with van der Waals surface area (Å²) in [4.78, 5) is 0. The monoisotopic (exact) mass is 458 g/mol. The van der Waals surface area contributed by atoms with E-state index >= 15 is 0 Å². The minimum atomic E-state index is -3.93. The maximum Gasteiger partial charge on any atom is 0.383 e. The van der Waals surface area contributed by atoms with Crippen LogP contribution in [0.3, 0.4) is 0 Å². The number of rotatable bonds is 12. The molecule has 10 heteroatoms. The molecule has 0 amide bonds. The molecule has 7 nitrogen and oxygen atoms in total. The van der Waals surface area contributed by atoms with Crippen LogP contribution in [0.25, 0.3) is 0 Å². The predicted molar refractivity (Wildman–Crippen MR) is 100 cm³/mol. The Hall–Kier alpha value is -0.200. The van der Waals surface area contributed by atoms with Crippen LogP contribution in [0.15, 0.2) is 28.7 Å². The zero-order valence-corrected chi connectivity index (χ0v) is 18.2. The molecule has 1 aromatic carbocycles. The van der Waals surface area contributed by atoms with E-state index in [-0.39, 0.29) is 26.4 Å². The normalized spacial score (nSPS) is 12.6. The highest BCUT2D eigenvalue weighted by molar-refractivity contribution is 9.10. The van der Waals surface area contributed by atoms with Gasteiger partial charge in [0.05, 0.1) is 26.4 Å². The topological polar surface area (TPSA) is 80.3 Å². The van der Waals surface area contributed by atoms with Gasteiger partial charge in [0.15, 0.2) is 0 Å². The van der Waals surface area contributed by atoms with E-state index in [1.54, 1.807) is 52.0 Å². The van der Waals surface area contributed by atoms with Crippen molar-refractivity contribution in [2.24, 2.45) is 0 Å². The minimum Gasteiger partial charge on any atom is -0.465 e. The first-order valence-electron chi connectivity index (χ1n) is 8.05. The quantitative estimate of drug-likeness (QED) is 0.374. The van der Waals surface area contributed by atoms with E-state index < -0.39 is 20.8 Å².